The van der Waals surface area contributed by atoms with Crippen LogP contribution in [0.3, 0.4) is 0 Å². The maximum atomic E-state index is 14.7. The van der Waals surface area contributed by atoms with Gasteiger partial charge in [0.15, 0.2) is 28.2 Å². The number of hydrogen-bond acceptors (Lipinski definition) is 10. The fourth-order valence-corrected chi connectivity index (χ4v) is 5.60. The second-order valence-electron chi connectivity index (χ2n) is 10.9. The fraction of sp³-hybridized carbons (Fsp3) is 0.455. The van der Waals surface area contributed by atoms with Crippen molar-refractivity contribution in [2.75, 3.05) is 52.9 Å². The summed E-state index contributed by atoms with van der Waals surface area (Å²) in [5.41, 5.74) is 2.02. The third kappa shape index (κ3) is 9.92. The minimum atomic E-state index is -0.561. The number of hydrogen-bond donors (Lipinski definition) is 1. The molecule has 3 aromatic rings. The van der Waals surface area contributed by atoms with Gasteiger partial charge in [0.05, 0.1) is 40.1 Å². The quantitative estimate of drug-likeness (QED) is 0.141. The molecule has 11 heteroatoms. The third-order valence-corrected chi connectivity index (χ3v) is 7.89. The molecule has 1 aliphatic heterocycles. The number of methoxy groups -OCH3 is 2. The Morgan fingerprint density at radius 3 is 2.70 bits per heavy atom. The molecule has 236 valence electrons. The molecule has 0 saturated carbocycles. The summed E-state index contributed by atoms with van der Waals surface area (Å²) >= 11 is 1.40. The molecular formula is C33H40FN3O6S. The maximum Gasteiger partial charge on any atom is 0.357 e. The number of aromatic nitrogens is 1. The highest BCUT2D eigenvalue weighted by Gasteiger charge is 2.32. The van der Waals surface area contributed by atoms with E-state index >= 15 is 0 Å². The van der Waals surface area contributed by atoms with Gasteiger partial charge in [0, 0.05) is 23.5 Å². The summed E-state index contributed by atoms with van der Waals surface area (Å²) in [6.45, 7) is 6.51. The standard InChI is InChI=1S/C33H40FN3O6S/c1-33(2)42-22-26(43-33)16-17-35-32-36-30(31(38)40-5)29(44-32)9-7-19-41-28-15-12-23(20-27(28)34)8-6-18-37(3)21-24-10-13-25(39-4)14-11-24/h10-15,20,26H,7,9,16-19,21-22H2,1-5H3,(H,35,36). The lowest BCUT2D eigenvalue weighted by Gasteiger charge is -2.17. The van der Waals surface area contributed by atoms with Crippen molar-refractivity contribution < 1.29 is 32.9 Å². The van der Waals surface area contributed by atoms with Crippen LogP contribution in [-0.2, 0) is 27.2 Å². The zero-order chi connectivity index (χ0) is 31.5. The van der Waals surface area contributed by atoms with E-state index in [0.29, 0.717) is 43.2 Å². The number of aryl methyl sites for hydroxylation is 1. The number of ether oxygens (including phenoxy) is 5. The number of carbonyl (C=O) groups is 1. The van der Waals surface area contributed by atoms with Crippen molar-refractivity contribution in [3.63, 3.8) is 0 Å². The number of thiazole rings is 1. The van der Waals surface area contributed by atoms with Gasteiger partial charge in [-0.05, 0) is 76.1 Å². The molecule has 1 aliphatic rings. The number of nitrogens with zero attached hydrogens (tertiary/aromatic N) is 2. The molecule has 1 aromatic heterocycles. The van der Waals surface area contributed by atoms with Crippen LogP contribution in [-0.4, -0.2) is 75.3 Å². The van der Waals surface area contributed by atoms with Crippen LogP contribution >= 0.6 is 11.3 Å². The minimum Gasteiger partial charge on any atom is -0.497 e. The Labute approximate surface area is 262 Å². The summed E-state index contributed by atoms with van der Waals surface area (Å²) in [7, 11) is 4.96. The van der Waals surface area contributed by atoms with E-state index < -0.39 is 17.6 Å². The molecule has 2 aromatic carbocycles. The van der Waals surface area contributed by atoms with Crippen molar-refractivity contribution in [3.8, 4) is 23.3 Å². The van der Waals surface area contributed by atoms with Crippen LogP contribution in [0.5, 0.6) is 11.5 Å². The van der Waals surface area contributed by atoms with Crippen molar-refractivity contribution >= 4 is 22.4 Å². The highest BCUT2D eigenvalue weighted by molar-refractivity contribution is 7.15. The lowest BCUT2D eigenvalue weighted by Crippen LogP contribution is -2.22. The highest BCUT2D eigenvalue weighted by atomic mass is 32.1. The average molecular weight is 626 g/mol. The van der Waals surface area contributed by atoms with E-state index in [1.54, 1.807) is 19.2 Å². The summed E-state index contributed by atoms with van der Waals surface area (Å²) < 4.78 is 42.0. The Morgan fingerprint density at radius 2 is 2.02 bits per heavy atom. The van der Waals surface area contributed by atoms with Crippen molar-refractivity contribution in [2.24, 2.45) is 0 Å². The van der Waals surface area contributed by atoms with E-state index in [1.807, 2.05) is 45.2 Å². The van der Waals surface area contributed by atoms with Gasteiger partial charge in [-0.3, -0.25) is 4.90 Å². The SMILES string of the molecule is COC(=O)c1nc(NCCC2COC(C)(C)O2)sc1CCCOc1ccc(C#CCN(C)Cc2ccc(OC)cc2)cc1F. The molecular weight excluding hydrogens is 585 g/mol. The van der Waals surface area contributed by atoms with E-state index in [0.717, 1.165) is 29.2 Å². The van der Waals surface area contributed by atoms with Crippen LogP contribution < -0.4 is 14.8 Å². The zero-order valence-corrected chi connectivity index (χ0v) is 26.7. The van der Waals surface area contributed by atoms with Crippen LogP contribution in [0, 0.1) is 17.7 Å². The van der Waals surface area contributed by atoms with Crippen molar-refractivity contribution in [1.29, 1.82) is 0 Å². The number of halogens is 1. The second kappa shape index (κ2) is 15.9. The van der Waals surface area contributed by atoms with E-state index in [2.05, 4.69) is 27.0 Å². The Kier molecular flexibility index (Phi) is 12.0. The van der Waals surface area contributed by atoms with E-state index in [4.69, 9.17) is 23.7 Å². The molecule has 0 amide bonds. The summed E-state index contributed by atoms with van der Waals surface area (Å²) in [5, 5.41) is 3.90. The Balaban J connectivity index is 1.22. The lowest BCUT2D eigenvalue weighted by molar-refractivity contribution is -0.138. The minimum absolute atomic E-state index is 0.00751. The van der Waals surface area contributed by atoms with Gasteiger partial charge >= 0.3 is 5.97 Å². The van der Waals surface area contributed by atoms with Crippen LogP contribution in [0.25, 0.3) is 0 Å². The van der Waals surface area contributed by atoms with Gasteiger partial charge in [-0.25, -0.2) is 14.2 Å². The second-order valence-corrected chi connectivity index (χ2v) is 12.0. The Morgan fingerprint density at radius 1 is 1.23 bits per heavy atom. The summed E-state index contributed by atoms with van der Waals surface area (Å²) in [6.07, 6.45) is 1.85. The average Bonchev–Trinajstić information content (AvgIpc) is 3.58. The first-order valence-electron chi connectivity index (χ1n) is 14.5. The predicted octanol–water partition coefficient (Wildman–Crippen LogP) is 5.53. The predicted molar refractivity (Wildman–Crippen MR) is 168 cm³/mol. The van der Waals surface area contributed by atoms with E-state index in [9.17, 15) is 9.18 Å². The van der Waals surface area contributed by atoms with Crippen LogP contribution in [0.15, 0.2) is 42.5 Å². The van der Waals surface area contributed by atoms with Crippen molar-refractivity contribution in [1.82, 2.24) is 9.88 Å². The molecule has 1 fully saturated rings. The maximum absolute atomic E-state index is 14.7. The van der Waals surface area contributed by atoms with Gasteiger partial charge in [-0.15, -0.1) is 11.3 Å². The Hall–Kier alpha value is -3.69. The van der Waals surface area contributed by atoms with Crippen LogP contribution in [0.1, 0.15) is 53.2 Å². The number of esters is 1. The first-order valence-corrected chi connectivity index (χ1v) is 15.3. The van der Waals surface area contributed by atoms with Gasteiger partial charge in [0.25, 0.3) is 0 Å². The monoisotopic (exact) mass is 625 g/mol. The van der Waals surface area contributed by atoms with E-state index in [-0.39, 0.29) is 24.2 Å². The third-order valence-electron chi connectivity index (χ3n) is 6.82. The molecule has 0 radical (unpaired) electrons. The zero-order valence-electron chi connectivity index (χ0n) is 25.9. The van der Waals surface area contributed by atoms with Gasteiger partial charge < -0.3 is 29.0 Å². The van der Waals surface area contributed by atoms with E-state index in [1.165, 1.54) is 24.5 Å². The molecule has 0 bridgehead atoms. The van der Waals surface area contributed by atoms with Gasteiger partial charge in [-0.2, -0.15) is 0 Å². The molecule has 1 unspecified atom stereocenters. The first kappa shape index (κ1) is 33.2. The largest absolute Gasteiger partial charge is 0.497 e. The molecule has 1 atom stereocenters. The number of benzene rings is 2. The summed E-state index contributed by atoms with van der Waals surface area (Å²) in [5.74, 6) is 5.58. The smallest absolute Gasteiger partial charge is 0.357 e. The van der Waals surface area contributed by atoms with Gasteiger partial charge in [0.2, 0.25) is 0 Å². The number of carbonyl (C=O) groups excluding carboxylic acids is 1. The van der Waals surface area contributed by atoms with Crippen LogP contribution in [0.2, 0.25) is 0 Å². The highest BCUT2D eigenvalue weighted by Crippen LogP contribution is 2.27. The molecule has 44 heavy (non-hydrogen) atoms. The van der Waals surface area contributed by atoms with Crippen molar-refractivity contribution in [3.05, 3.63) is 70.0 Å². The van der Waals surface area contributed by atoms with Crippen molar-refractivity contribution in [2.45, 2.75) is 51.5 Å². The number of anilines is 1. The fourth-order valence-electron chi connectivity index (χ4n) is 4.58. The molecule has 0 spiro atoms. The summed E-state index contributed by atoms with van der Waals surface area (Å²) in [6, 6.07) is 12.6. The topological polar surface area (TPSA) is 91.4 Å². The molecule has 9 nitrogen and oxygen atoms in total. The molecule has 1 N–H and O–H groups in total. The van der Waals surface area contributed by atoms with Crippen LogP contribution in [0.4, 0.5) is 9.52 Å². The molecule has 0 aliphatic carbocycles. The lowest BCUT2D eigenvalue weighted by atomic mass is 10.2. The summed E-state index contributed by atoms with van der Waals surface area (Å²) in [4.78, 5) is 19.6. The molecule has 4 rings (SSSR count). The number of rotatable bonds is 14. The number of nitrogens with one attached hydrogen (secondary N) is 1. The molecule has 1 saturated heterocycles. The van der Waals surface area contributed by atoms with Gasteiger partial charge in [-0.1, -0.05) is 24.0 Å². The normalized spacial score (nSPS) is 15.5. The Bertz CT molecular complexity index is 1450. The molecule has 2 heterocycles. The van der Waals surface area contributed by atoms with Gasteiger partial charge in [0.1, 0.15) is 5.75 Å². The first-order chi connectivity index (χ1) is 21.2.